The third-order valence-electron chi connectivity index (χ3n) is 1.77. The van der Waals surface area contributed by atoms with E-state index in [0.717, 1.165) is 17.0 Å². The summed E-state index contributed by atoms with van der Waals surface area (Å²) >= 11 is 3.36. The first kappa shape index (κ1) is 10.7. The van der Waals surface area contributed by atoms with E-state index >= 15 is 0 Å². The number of aromatic nitrogens is 2. The minimum Gasteiger partial charge on any atom is -0.374 e. The molecule has 0 unspecified atom stereocenters. The Morgan fingerprint density at radius 1 is 1.62 bits per heavy atom. The van der Waals surface area contributed by atoms with Gasteiger partial charge in [-0.2, -0.15) is 0 Å². The Bertz CT molecular complexity index is 271. The molecule has 3 nitrogen and oxygen atoms in total. The Morgan fingerprint density at radius 2 is 2.31 bits per heavy atom. The van der Waals surface area contributed by atoms with Gasteiger partial charge < -0.3 is 9.30 Å². The smallest absolute Gasteiger partial charge is 0.136 e. The number of halogens is 1. The van der Waals surface area contributed by atoms with Gasteiger partial charge in [0.2, 0.25) is 0 Å². The van der Waals surface area contributed by atoms with Crippen LogP contribution in [0.15, 0.2) is 10.8 Å². The van der Waals surface area contributed by atoms with Crippen LogP contribution in [0.25, 0.3) is 0 Å². The van der Waals surface area contributed by atoms with Crippen molar-refractivity contribution in [1.82, 2.24) is 9.55 Å². The second-order valence-corrected chi connectivity index (χ2v) is 3.93. The van der Waals surface area contributed by atoms with Crippen molar-refractivity contribution >= 4 is 15.9 Å². The zero-order chi connectivity index (χ0) is 9.84. The van der Waals surface area contributed by atoms with E-state index < -0.39 is 0 Å². The molecule has 0 saturated carbocycles. The Morgan fingerprint density at radius 3 is 2.85 bits per heavy atom. The van der Waals surface area contributed by atoms with Gasteiger partial charge in [-0.25, -0.2) is 4.98 Å². The molecule has 0 aromatic carbocycles. The first-order valence-electron chi connectivity index (χ1n) is 4.46. The van der Waals surface area contributed by atoms with Gasteiger partial charge in [0.25, 0.3) is 0 Å². The molecule has 0 aliphatic heterocycles. The third kappa shape index (κ3) is 2.81. The van der Waals surface area contributed by atoms with Crippen molar-refractivity contribution in [3.63, 3.8) is 0 Å². The summed E-state index contributed by atoms with van der Waals surface area (Å²) in [7, 11) is 0. The summed E-state index contributed by atoms with van der Waals surface area (Å²) in [6, 6.07) is 0.425. The maximum absolute atomic E-state index is 5.32. The predicted octanol–water partition coefficient (Wildman–Crippen LogP) is 2.76. The predicted molar refractivity (Wildman–Crippen MR) is 55.6 cm³/mol. The summed E-state index contributed by atoms with van der Waals surface area (Å²) in [4.78, 5) is 4.32. The van der Waals surface area contributed by atoms with E-state index in [2.05, 4.69) is 39.3 Å². The zero-order valence-electron chi connectivity index (χ0n) is 8.25. The average molecular weight is 247 g/mol. The fourth-order valence-electron chi connectivity index (χ4n) is 1.15. The van der Waals surface area contributed by atoms with Gasteiger partial charge in [-0.1, -0.05) is 0 Å². The molecule has 1 aromatic rings. The highest BCUT2D eigenvalue weighted by molar-refractivity contribution is 9.10. The lowest BCUT2D eigenvalue weighted by Gasteiger charge is -2.10. The summed E-state index contributed by atoms with van der Waals surface area (Å²) in [5.41, 5.74) is 0. The fraction of sp³-hybridized carbons (Fsp3) is 0.667. The molecular weight excluding hydrogens is 232 g/mol. The molecule has 1 rings (SSSR count). The van der Waals surface area contributed by atoms with Gasteiger partial charge in [-0.3, -0.25) is 0 Å². The van der Waals surface area contributed by atoms with Crippen LogP contribution < -0.4 is 0 Å². The lowest BCUT2D eigenvalue weighted by atomic mass is 10.4. The number of imidazole rings is 1. The monoisotopic (exact) mass is 246 g/mol. The van der Waals surface area contributed by atoms with Crippen LogP contribution in [0, 0.1) is 0 Å². The quantitative estimate of drug-likeness (QED) is 0.817. The molecule has 0 amide bonds. The van der Waals surface area contributed by atoms with Crippen molar-refractivity contribution in [2.75, 3.05) is 6.61 Å². The minimum atomic E-state index is 0.425. The molecule has 1 heterocycles. The highest BCUT2D eigenvalue weighted by atomic mass is 79.9. The highest BCUT2D eigenvalue weighted by Gasteiger charge is 2.08. The second-order valence-electron chi connectivity index (χ2n) is 3.12. The number of rotatable bonds is 4. The lowest BCUT2D eigenvalue weighted by Crippen LogP contribution is -2.06. The Balaban J connectivity index is 2.78. The maximum atomic E-state index is 5.32. The molecule has 0 saturated heterocycles. The van der Waals surface area contributed by atoms with Crippen LogP contribution in [0.1, 0.15) is 32.6 Å². The van der Waals surface area contributed by atoms with Gasteiger partial charge >= 0.3 is 0 Å². The molecule has 0 N–H and O–H groups in total. The van der Waals surface area contributed by atoms with Crippen molar-refractivity contribution in [1.29, 1.82) is 0 Å². The molecule has 13 heavy (non-hydrogen) atoms. The molecule has 1 aromatic heterocycles. The van der Waals surface area contributed by atoms with Gasteiger partial charge in [-0.05, 0) is 36.7 Å². The average Bonchev–Trinajstić information content (AvgIpc) is 2.43. The molecule has 0 atom stereocenters. The molecule has 0 aliphatic carbocycles. The van der Waals surface area contributed by atoms with Crippen molar-refractivity contribution in [2.45, 2.75) is 33.4 Å². The molecular formula is C9H15BrN2O. The van der Waals surface area contributed by atoms with Crippen LogP contribution in [0.4, 0.5) is 0 Å². The van der Waals surface area contributed by atoms with Gasteiger partial charge in [0, 0.05) is 18.8 Å². The SMILES string of the molecule is CCOCc1nc(Br)cn1C(C)C. The van der Waals surface area contributed by atoms with Gasteiger partial charge in [0.1, 0.15) is 17.0 Å². The van der Waals surface area contributed by atoms with Crippen LogP contribution in [-0.2, 0) is 11.3 Å². The molecule has 0 radical (unpaired) electrons. The summed E-state index contributed by atoms with van der Waals surface area (Å²) in [6.45, 7) is 7.55. The van der Waals surface area contributed by atoms with Gasteiger partial charge in [0.15, 0.2) is 0 Å². The van der Waals surface area contributed by atoms with Crippen molar-refractivity contribution < 1.29 is 4.74 Å². The lowest BCUT2D eigenvalue weighted by molar-refractivity contribution is 0.124. The summed E-state index contributed by atoms with van der Waals surface area (Å²) in [5.74, 6) is 0.976. The topological polar surface area (TPSA) is 27.1 Å². The summed E-state index contributed by atoms with van der Waals surface area (Å²) < 4.78 is 8.30. The van der Waals surface area contributed by atoms with Crippen LogP contribution in [0.3, 0.4) is 0 Å². The van der Waals surface area contributed by atoms with E-state index in [1.54, 1.807) is 0 Å². The van der Waals surface area contributed by atoms with Crippen molar-refractivity contribution in [3.05, 3.63) is 16.6 Å². The normalized spacial score (nSPS) is 11.2. The Labute approximate surface area is 87.2 Å². The van der Waals surface area contributed by atoms with E-state index in [0.29, 0.717) is 12.6 Å². The van der Waals surface area contributed by atoms with Gasteiger partial charge in [0.05, 0.1) is 0 Å². The van der Waals surface area contributed by atoms with Gasteiger partial charge in [-0.15, -0.1) is 0 Å². The number of hydrogen-bond donors (Lipinski definition) is 0. The molecule has 74 valence electrons. The Hall–Kier alpha value is -0.350. The molecule has 0 aliphatic rings. The van der Waals surface area contributed by atoms with E-state index in [1.807, 2.05) is 13.1 Å². The second kappa shape index (κ2) is 4.77. The molecule has 4 heteroatoms. The van der Waals surface area contributed by atoms with Crippen LogP contribution in [0.2, 0.25) is 0 Å². The van der Waals surface area contributed by atoms with Crippen LogP contribution in [-0.4, -0.2) is 16.2 Å². The van der Waals surface area contributed by atoms with Crippen molar-refractivity contribution in [3.8, 4) is 0 Å². The third-order valence-corrected chi connectivity index (χ3v) is 2.15. The van der Waals surface area contributed by atoms with E-state index in [1.165, 1.54) is 0 Å². The van der Waals surface area contributed by atoms with E-state index in [9.17, 15) is 0 Å². The summed E-state index contributed by atoms with van der Waals surface area (Å²) in [5, 5.41) is 0. The number of ether oxygens (including phenoxy) is 1. The van der Waals surface area contributed by atoms with Crippen LogP contribution >= 0.6 is 15.9 Å². The first-order chi connectivity index (χ1) is 6.15. The van der Waals surface area contributed by atoms with E-state index in [4.69, 9.17) is 4.74 Å². The molecule has 0 fully saturated rings. The molecule has 0 spiro atoms. The molecule has 0 bridgehead atoms. The minimum absolute atomic E-state index is 0.425. The van der Waals surface area contributed by atoms with Crippen molar-refractivity contribution in [2.24, 2.45) is 0 Å². The fourth-order valence-corrected chi connectivity index (χ4v) is 1.57. The number of hydrogen-bond acceptors (Lipinski definition) is 2. The van der Waals surface area contributed by atoms with E-state index in [-0.39, 0.29) is 0 Å². The largest absolute Gasteiger partial charge is 0.374 e. The highest BCUT2D eigenvalue weighted by Crippen LogP contribution is 2.15. The zero-order valence-corrected chi connectivity index (χ0v) is 9.84. The Kier molecular flexibility index (Phi) is 3.93. The van der Waals surface area contributed by atoms with Crippen LogP contribution in [0.5, 0.6) is 0 Å². The maximum Gasteiger partial charge on any atom is 0.136 e. The first-order valence-corrected chi connectivity index (χ1v) is 5.25. The standard InChI is InChI=1S/C9H15BrN2O/c1-4-13-6-9-11-8(10)5-12(9)7(2)3/h5,7H,4,6H2,1-3H3. The number of nitrogens with zero attached hydrogens (tertiary/aromatic N) is 2. The summed E-state index contributed by atoms with van der Waals surface area (Å²) in [6.07, 6.45) is 1.99.